The molecule has 0 saturated carbocycles. The quantitative estimate of drug-likeness (QED) is 0.445. The third-order valence-corrected chi connectivity index (χ3v) is 6.98. The van der Waals surface area contributed by atoms with Crippen LogP contribution < -0.4 is 5.32 Å². The lowest BCUT2D eigenvalue weighted by atomic mass is 9.89. The molecule has 0 aromatic carbocycles. The van der Waals surface area contributed by atoms with E-state index in [2.05, 4.69) is 5.32 Å². The second kappa shape index (κ2) is 8.56. The third kappa shape index (κ3) is 4.02. The summed E-state index contributed by atoms with van der Waals surface area (Å²) in [4.78, 5) is 50.0. The number of ether oxygens (including phenoxy) is 2. The Morgan fingerprint density at radius 1 is 1.41 bits per heavy atom. The second-order valence-electron chi connectivity index (χ2n) is 6.50. The van der Waals surface area contributed by atoms with Gasteiger partial charge in [0.05, 0.1) is 13.0 Å². The van der Waals surface area contributed by atoms with E-state index < -0.39 is 28.8 Å². The molecule has 0 bridgehead atoms. The minimum atomic E-state index is -1.34. The highest BCUT2D eigenvalue weighted by Gasteiger charge is 2.65. The van der Waals surface area contributed by atoms with Crippen LogP contribution in [0.2, 0.25) is 0 Å². The molecule has 29 heavy (non-hydrogen) atoms. The highest BCUT2D eigenvalue weighted by molar-refractivity contribution is 8.00. The summed E-state index contributed by atoms with van der Waals surface area (Å²) in [5.41, 5.74) is -1.20. The van der Waals surface area contributed by atoms with Gasteiger partial charge in [0.2, 0.25) is 5.91 Å². The van der Waals surface area contributed by atoms with Crippen LogP contribution in [0.25, 0.3) is 0 Å². The number of hydrogen-bond acceptors (Lipinski definition) is 8. The number of thioether (sulfide) groups is 1. The molecule has 156 valence electrons. The zero-order chi connectivity index (χ0) is 21.2. The zero-order valence-corrected chi connectivity index (χ0v) is 17.4. The van der Waals surface area contributed by atoms with Gasteiger partial charge in [0, 0.05) is 30.2 Å². The minimum absolute atomic E-state index is 0.0626. The fourth-order valence-corrected chi connectivity index (χ4v) is 5.43. The Hall–Kier alpha value is -2.37. The molecule has 0 spiro atoms. The van der Waals surface area contributed by atoms with Gasteiger partial charge >= 0.3 is 11.9 Å². The van der Waals surface area contributed by atoms with Crippen LogP contribution in [0.4, 0.5) is 0 Å². The minimum Gasteiger partial charge on any atom is -0.477 e. The fourth-order valence-electron chi connectivity index (χ4n) is 3.24. The van der Waals surface area contributed by atoms with Crippen molar-refractivity contribution >= 4 is 46.9 Å². The van der Waals surface area contributed by atoms with E-state index in [4.69, 9.17) is 9.47 Å². The maximum absolute atomic E-state index is 12.9. The van der Waals surface area contributed by atoms with Crippen molar-refractivity contribution in [2.24, 2.45) is 0 Å². The zero-order valence-electron chi connectivity index (χ0n) is 15.8. The predicted molar refractivity (Wildman–Crippen MR) is 105 cm³/mol. The van der Waals surface area contributed by atoms with E-state index in [0.717, 1.165) is 9.78 Å². The number of aliphatic carboxylic acids is 1. The first-order valence-corrected chi connectivity index (χ1v) is 10.6. The van der Waals surface area contributed by atoms with Crippen LogP contribution in [0.1, 0.15) is 11.8 Å². The molecule has 2 atom stereocenters. The number of nitrogens with zero attached hydrogens (tertiary/aromatic N) is 1. The Bertz CT molecular complexity index is 868. The standard InChI is InChI=1S/C18H20N2O7S2/c1-10(21)27-7-11-8-29-17-18(26-2,16(25)20(17)14(11)15(23)24)9-19-13(22)6-12-4-3-5-28-12/h3-5,17H,6-9H2,1-2H3,(H,19,22)(H,23,24)/t17-,18+/m1/s1. The van der Waals surface area contributed by atoms with Crippen LogP contribution in [-0.4, -0.2) is 70.7 Å². The van der Waals surface area contributed by atoms with Crippen molar-refractivity contribution in [3.63, 3.8) is 0 Å². The maximum Gasteiger partial charge on any atom is 0.352 e. The Labute approximate surface area is 175 Å². The number of carbonyl (C=O) groups excluding carboxylic acids is 3. The van der Waals surface area contributed by atoms with Crippen molar-refractivity contribution in [2.45, 2.75) is 24.3 Å². The van der Waals surface area contributed by atoms with Crippen LogP contribution in [-0.2, 0) is 35.1 Å². The molecule has 0 aliphatic carbocycles. The summed E-state index contributed by atoms with van der Waals surface area (Å²) in [7, 11) is 1.36. The lowest BCUT2D eigenvalue weighted by Crippen LogP contribution is -2.77. The Morgan fingerprint density at radius 2 is 2.17 bits per heavy atom. The Kier molecular flexibility index (Phi) is 6.30. The number of carboxylic acid groups (broad SMARTS) is 1. The van der Waals surface area contributed by atoms with Crippen LogP contribution >= 0.6 is 23.1 Å². The summed E-state index contributed by atoms with van der Waals surface area (Å²) in [6, 6.07) is 3.70. The number of carbonyl (C=O) groups is 4. The maximum atomic E-state index is 12.9. The third-order valence-electron chi connectivity index (χ3n) is 4.69. The molecule has 11 heteroatoms. The molecule has 0 unspecified atom stereocenters. The summed E-state index contributed by atoms with van der Waals surface area (Å²) in [5.74, 6) is -2.36. The molecular formula is C18H20N2O7S2. The highest BCUT2D eigenvalue weighted by atomic mass is 32.2. The molecule has 2 N–H and O–H groups in total. The van der Waals surface area contributed by atoms with Gasteiger partial charge in [-0.3, -0.25) is 19.3 Å². The number of methoxy groups -OCH3 is 1. The normalized spacial score (nSPS) is 23.3. The first kappa shape index (κ1) is 21.3. The first-order valence-electron chi connectivity index (χ1n) is 8.68. The van der Waals surface area contributed by atoms with Gasteiger partial charge in [-0.25, -0.2) is 4.79 Å². The van der Waals surface area contributed by atoms with Crippen LogP contribution in [0.3, 0.4) is 0 Å². The second-order valence-corrected chi connectivity index (χ2v) is 8.60. The molecule has 0 radical (unpaired) electrons. The topological polar surface area (TPSA) is 122 Å². The van der Waals surface area contributed by atoms with Gasteiger partial charge in [-0.15, -0.1) is 23.1 Å². The van der Waals surface area contributed by atoms with Gasteiger partial charge in [-0.1, -0.05) is 6.07 Å². The van der Waals surface area contributed by atoms with E-state index in [1.807, 2.05) is 17.5 Å². The molecule has 3 heterocycles. The summed E-state index contributed by atoms with van der Waals surface area (Å²) >= 11 is 2.77. The fraction of sp³-hybridized carbons (Fsp3) is 0.444. The average Bonchev–Trinajstić information content (AvgIpc) is 3.18. The Morgan fingerprint density at radius 3 is 2.76 bits per heavy atom. The predicted octanol–water partition coefficient (Wildman–Crippen LogP) is 0.609. The van der Waals surface area contributed by atoms with Gasteiger partial charge in [-0.2, -0.15) is 0 Å². The summed E-state index contributed by atoms with van der Waals surface area (Å²) in [6.07, 6.45) is 0.194. The summed E-state index contributed by atoms with van der Waals surface area (Å²) in [5, 5.41) is 13.6. The van der Waals surface area contributed by atoms with Crippen molar-refractivity contribution in [3.8, 4) is 0 Å². The molecule has 3 rings (SSSR count). The highest BCUT2D eigenvalue weighted by Crippen LogP contribution is 2.47. The number of β-lactam (4-membered cyclic amide) rings is 1. The molecule has 1 saturated heterocycles. The first-order chi connectivity index (χ1) is 13.8. The summed E-state index contributed by atoms with van der Waals surface area (Å²) < 4.78 is 10.4. The number of thiophene rings is 1. The molecule has 1 aromatic heterocycles. The lowest BCUT2D eigenvalue weighted by Gasteiger charge is -2.56. The number of nitrogens with one attached hydrogen (secondary N) is 1. The number of fused-ring (bicyclic) bond motifs is 1. The monoisotopic (exact) mass is 440 g/mol. The van der Waals surface area contributed by atoms with Crippen molar-refractivity contribution in [1.82, 2.24) is 10.2 Å². The van der Waals surface area contributed by atoms with E-state index in [1.54, 1.807) is 0 Å². The Balaban J connectivity index is 1.73. The van der Waals surface area contributed by atoms with Crippen LogP contribution in [0.15, 0.2) is 28.8 Å². The molecule has 2 aliphatic heterocycles. The van der Waals surface area contributed by atoms with Gasteiger partial charge in [0.15, 0.2) is 5.60 Å². The van der Waals surface area contributed by atoms with Gasteiger partial charge < -0.3 is 19.9 Å². The number of hydrogen-bond donors (Lipinski definition) is 2. The molecule has 2 aliphatic rings. The van der Waals surface area contributed by atoms with Crippen molar-refractivity contribution in [2.75, 3.05) is 26.0 Å². The molecule has 1 fully saturated rings. The van der Waals surface area contributed by atoms with Crippen molar-refractivity contribution in [1.29, 1.82) is 0 Å². The van der Waals surface area contributed by atoms with Gasteiger partial charge in [-0.05, 0) is 11.4 Å². The lowest BCUT2D eigenvalue weighted by molar-refractivity contribution is -0.183. The smallest absolute Gasteiger partial charge is 0.352 e. The van der Waals surface area contributed by atoms with E-state index in [1.165, 1.54) is 37.1 Å². The summed E-state index contributed by atoms with van der Waals surface area (Å²) in [6.45, 7) is 0.967. The van der Waals surface area contributed by atoms with Crippen molar-refractivity contribution in [3.05, 3.63) is 33.7 Å². The van der Waals surface area contributed by atoms with E-state index in [0.29, 0.717) is 5.57 Å². The van der Waals surface area contributed by atoms with E-state index in [9.17, 15) is 24.3 Å². The van der Waals surface area contributed by atoms with E-state index in [-0.39, 0.29) is 36.9 Å². The number of esters is 1. The van der Waals surface area contributed by atoms with Gasteiger partial charge in [0.1, 0.15) is 17.7 Å². The SMILES string of the molecule is CO[C@@]1(CNC(=O)Cc2cccs2)C(=O)N2C(C(=O)O)=C(COC(C)=O)CS[C@@H]21. The largest absolute Gasteiger partial charge is 0.477 e. The van der Waals surface area contributed by atoms with Crippen LogP contribution in [0, 0.1) is 0 Å². The molecular weight excluding hydrogens is 420 g/mol. The van der Waals surface area contributed by atoms with E-state index >= 15 is 0 Å². The number of carboxylic acids is 1. The molecule has 9 nitrogen and oxygen atoms in total. The average molecular weight is 440 g/mol. The number of amides is 2. The molecule has 1 aromatic rings. The number of rotatable bonds is 8. The van der Waals surface area contributed by atoms with Crippen molar-refractivity contribution < 1.29 is 33.8 Å². The molecule has 2 amide bonds. The van der Waals surface area contributed by atoms with Crippen LogP contribution in [0.5, 0.6) is 0 Å². The van der Waals surface area contributed by atoms with Gasteiger partial charge in [0.25, 0.3) is 5.91 Å².